The number of halogens is 4. The number of aromatic amines is 1. The summed E-state index contributed by atoms with van der Waals surface area (Å²) >= 11 is 3.07. The van der Waals surface area contributed by atoms with Crippen molar-refractivity contribution < 1.29 is 31.5 Å². The summed E-state index contributed by atoms with van der Waals surface area (Å²) in [5, 5.41) is 9.26. The SMILES string of the molecule is COc1ncc(Cl)cc1N(c1ccc(F)c(-c2ccc3c(C(=O)NCC4CC4)[nH]nc3c2F)c1F)S(=O)O. The van der Waals surface area contributed by atoms with Crippen LogP contribution in [0.5, 0.6) is 5.88 Å². The maximum Gasteiger partial charge on any atom is 0.269 e. The fourth-order valence-electron chi connectivity index (χ4n) is 4.02. The molecule has 0 radical (unpaired) electrons. The number of anilines is 2. The monoisotopic (exact) mass is 565 g/mol. The fourth-order valence-corrected chi connectivity index (χ4v) is 4.78. The first-order chi connectivity index (χ1) is 18.2. The molecule has 1 amide bonds. The van der Waals surface area contributed by atoms with Gasteiger partial charge in [-0.15, -0.1) is 0 Å². The average molecular weight is 566 g/mol. The van der Waals surface area contributed by atoms with Crippen LogP contribution in [0, 0.1) is 23.4 Å². The van der Waals surface area contributed by atoms with Crippen molar-refractivity contribution in [3.8, 4) is 17.0 Å². The van der Waals surface area contributed by atoms with Gasteiger partial charge in [-0.1, -0.05) is 17.7 Å². The summed E-state index contributed by atoms with van der Waals surface area (Å²) in [4.78, 5) is 16.4. The minimum absolute atomic E-state index is 0.0169. The first-order valence-electron chi connectivity index (χ1n) is 11.2. The van der Waals surface area contributed by atoms with Crippen molar-refractivity contribution in [1.29, 1.82) is 0 Å². The Labute approximate surface area is 221 Å². The van der Waals surface area contributed by atoms with Gasteiger partial charge in [-0.3, -0.25) is 14.4 Å². The molecule has 2 aromatic carbocycles. The number of nitrogens with one attached hydrogen (secondary N) is 2. The number of rotatable bonds is 8. The molecule has 1 fully saturated rings. The van der Waals surface area contributed by atoms with Crippen LogP contribution in [-0.4, -0.2) is 43.5 Å². The lowest BCUT2D eigenvalue weighted by molar-refractivity contribution is 0.0948. The summed E-state index contributed by atoms with van der Waals surface area (Å²) in [7, 11) is 1.24. The van der Waals surface area contributed by atoms with Crippen molar-refractivity contribution in [3.63, 3.8) is 0 Å². The number of amides is 1. The number of nitrogens with zero attached hydrogens (tertiary/aromatic N) is 3. The molecule has 0 bridgehead atoms. The molecule has 14 heteroatoms. The van der Waals surface area contributed by atoms with Crippen molar-refractivity contribution >= 4 is 51.1 Å². The van der Waals surface area contributed by atoms with Gasteiger partial charge in [0, 0.05) is 23.7 Å². The molecule has 198 valence electrons. The van der Waals surface area contributed by atoms with Crippen molar-refractivity contribution in [1.82, 2.24) is 20.5 Å². The predicted octanol–water partition coefficient (Wildman–Crippen LogP) is 5.12. The third-order valence-corrected chi connectivity index (χ3v) is 6.98. The highest BCUT2D eigenvalue weighted by Gasteiger charge is 2.29. The summed E-state index contributed by atoms with van der Waals surface area (Å²) in [6.07, 6.45) is 3.27. The zero-order valence-corrected chi connectivity index (χ0v) is 21.2. The Morgan fingerprint density at radius 3 is 2.68 bits per heavy atom. The Bertz CT molecular complexity index is 1600. The third-order valence-electron chi connectivity index (χ3n) is 6.07. The van der Waals surface area contributed by atoms with Crippen LogP contribution in [0.3, 0.4) is 0 Å². The summed E-state index contributed by atoms with van der Waals surface area (Å²) in [6.45, 7) is 0.485. The van der Waals surface area contributed by atoms with E-state index in [9.17, 15) is 17.9 Å². The summed E-state index contributed by atoms with van der Waals surface area (Å²) in [6, 6.07) is 5.37. The topological polar surface area (TPSA) is 120 Å². The van der Waals surface area contributed by atoms with Crippen LogP contribution in [-0.2, 0) is 11.3 Å². The summed E-state index contributed by atoms with van der Waals surface area (Å²) in [5.74, 6) is -3.79. The fraction of sp³-hybridized carbons (Fsp3) is 0.208. The minimum atomic E-state index is -2.90. The smallest absolute Gasteiger partial charge is 0.269 e. The third kappa shape index (κ3) is 4.68. The van der Waals surface area contributed by atoms with E-state index in [0.29, 0.717) is 16.8 Å². The number of fused-ring (bicyclic) bond motifs is 1. The van der Waals surface area contributed by atoms with Gasteiger partial charge < -0.3 is 10.1 Å². The van der Waals surface area contributed by atoms with E-state index in [1.807, 2.05) is 0 Å². The largest absolute Gasteiger partial charge is 0.479 e. The molecule has 1 atom stereocenters. The Morgan fingerprint density at radius 1 is 1.24 bits per heavy atom. The number of H-pyrrole nitrogens is 1. The lowest BCUT2D eigenvalue weighted by atomic mass is 10.0. The second kappa shape index (κ2) is 10.2. The molecule has 1 aliphatic carbocycles. The van der Waals surface area contributed by atoms with E-state index in [4.69, 9.17) is 16.3 Å². The van der Waals surface area contributed by atoms with Gasteiger partial charge in [0.1, 0.15) is 22.7 Å². The van der Waals surface area contributed by atoms with Crippen LogP contribution in [0.2, 0.25) is 5.02 Å². The molecule has 38 heavy (non-hydrogen) atoms. The Kier molecular flexibility index (Phi) is 6.99. The van der Waals surface area contributed by atoms with Gasteiger partial charge in [0.05, 0.1) is 23.4 Å². The van der Waals surface area contributed by atoms with Gasteiger partial charge in [0.2, 0.25) is 5.88 Å². The lowest BCUT2D eigenvalue weighted by Gasteiger charge is -2.23. The van der Waals surface area contributed by atoms with E-state index >= 15 is 8.78 Å². The van der Waals surface area contributed by atoms with E-state index in [-0.39, 0.29) is 33.2 Å². The van der Waals surface area contributed by atoms with Crippen LogP contribution in [0.1, 0.15) is 23.3 Å². The second-order valence-electron chi connectivity index (χ2n) is 8.54. The predicted molar refractivity (Wildman–Crippen MR) is 135 cm³/mol. The Balaban J connectivity index is 1.61. The Hall–Kier alpha value is -3.68. The highest BCUT2D eigenvalue weighted by molar-refractivity contribution is 7.81. The molecule has 2 heterocycles. The molecular weight excluding hydrogens is 547 g/mol. The molecule has 2 aromatic heterocycles. The van der Waals surface area contributed by atoms with Crippen LogP contribution >= 0.6 is 11.6 Å². The molecule has 5 rings (SSSR count). The van der Waals surface area contributed by atoms with E-state index in [2.05, 4.69) is 20.5 Å². The van der Waals surface area contributed by atoms with E-state index < -0.39 is 51.4 Å². The average Bonchev–Trinajstić information content (AvgIpc) is 3.61. The van der Waals surface area contributed by atoms with Crippen molar-refractivity contribution in [2.45, 2.75) is 12.8 Å². The van der Waals surface area contributed by atoms with Crippen LogP contribution in [0.4, 0.5) is 24.5 Å². The highest BCUT2D eigenvalue weighted by Crippen LogP contribution is 2.41. The van der Waals surface area contributed by atoms with Crippen LogP contribution in [0.25, 0.3) is 22.0 Å². The molecule has 0 aliphatic heterocycles. The number of hydrogen-bond acceptors (Lipinski definition) is 5. The maximum atomic E-state index is 15.9. The number of aromatic nitrogens is 3. The molecule has 0 spiro atoms. The molecule has 1 saturated carbocycles. The molecule has 9 nitrogen and oxygen atoms in total. The number of pyridine rings is 1. The van der Waals surface area contributed by atoms with Crippen molar-refractivity contribution in [2.75, 3.05) is 18.0 Å². The van der Waals surface area contributed by atoms with Gasteiger partial charge in [-0.25, -0.2) is 26.7 Å². The molecule has 0 saturated heterocycles. The van der Waals surface area contributed by atoms with E-state index in [0.717, 1.165) is 31.0 Å². The van der Waals surface area contributed by atoms with Gasteiger partial charge in [0.15, 0.2) is 11.6 Å². The molecule has 1 aliphatic rings. The summed E-state index contributed by atoms with van der Waals surface area (Å²) < 4.78 is 74.4. The standard InChI is InChI=1S/C24H19ClF3N5O4S/c1-37-24-17(8-12(25)10-30-24)33(38(35)36)16-7-6-15(26)18(20(16)28)13-4-5-14-21(19(13)27)31-32-22(14)23(34)29-9-11-2-3-11/h4-8,10-11H,2-3,9H2,1H3,(H,29,34)(H,31,32)(H,35,36). The molecule has 3 N–H and O–H groups in total. The molecular formula is C24H19ClF3N5O4S. The normalized spacial score (nSPS) is 13.9. The van der Waals surface area contributed by atoms with Gasteiger partial charge >= 0.3 is 0 Å². The maximum absolute atomic E-state index is 15.9. The lowest BCUT2D eigenvalue weighted by Crippen LogP contribution is -2.26. The first kappa shape index (κ1) is 25.9. The molecule has 1 unspecified atom stereocenters. The van der Waals surface area contributed by atoms with Crippen LogP contribution < -0.4 is 14.4 Å². The zero-order valence-electron chi connectivity index (χ0n) is 19.6. The number of ether oxygens (including phenoxy) is 1. The van der Waals surface area contributed by atoms with Gasteiger partial charge in [-0.05, 0) is 43.0 Å². The summed E-state index contributed by atoms with van der Waals surface area (Å²) in [5.41, 5.74) is -2.37. The van der Waals surface area contributed by atoms with E-state index in [1.54, 1.807) is 0 Å². The minimum Gasteiger partial charge on any atom is -0.479 e. The quantitative estimate of drug-likeness (QED) is 0.255. The van der Waals surface area contributed by atoms with E-state index in [1.165, 1.54) is 25.4 Å². The number of hydrogen-bond donors (Lipinski definition) is 3. The number of benzene rings is 2. The van der Waals surface area contributed by atoms with Crippen molar-refractivity contribution in [3.05, 3.63) is 64.7 Å². The zero-order chi connectivity index (χ0) is 27.1. The number of carbonyl (C=O) groups is 1. The van der Waals surface area contributed by atoms with Crippen LogP contribution in [0.15, 0.2) is 36.5 Å². The molecule has 4 aromatic rings. The highest BCUT2D eigenvalue weighted by atomic mass is 35.5. The second-order valence-corrected chi connectivity index (χ2v) is 9.80. The Morgan fingerprint density at radius 2 is 2.00 bits per heavy atom. The number of methoxy groups -OCH3 is 1. The van der Waals surface area contributed by atoms with Gasteiger partial charge in [0.25, 0.3) is 17.2 Å². The number of carbonyl (C=O) groups excluding carboxylic acids is 1. The first-order valence-corrected chi connectivity index (χ1v) is 12.7. The van der Waals surface area contributed by atoms with Gasteiger partial charge in [-0.2, -0.15) is 5.10 Å². The van der Waals surface area contributed by atoms with Crippen molar-refractivity contribution in [2.24, 2.45) is 5.92 Å².